The van der Waals surface area contributed by atoms with Crippen LogP contribution in [0.2, 0.25) is 0 Å². The smallest absolute Gasteiger partial charge is 0.123 e. The molecule has 17 heavy (non-hydrogen) atoms. The molecule has 0 bridgehead atoms. The molecule has 0 unspecified atom stereocenters. The van der Waals surface area contributed by atoms with Gasteiger partial charge in [0.2, 0.25) is 0 Å². The summed E-state index contributed by atoms with van der Waals surface area (Å²) in [6.07, 6.45) is 1.64. The Morgan fingerprint density at radius 3 is 2.76 bits per heavy atom. The average molecular weight is 248 g/mol. The number of nitrogens with zero attached hydrogens (tertiary/aromatic N) is 1. The van der Waals surface area contributed by atoms with Gasteiger partial charge < -0.3 is 5.73 Å². The Hall–Kier alpha value is -1.55. The topological polar surface area (TPSA) is 38.9 Å². The van der Waals surface area contributed by atoms with Crippen LogP contribution in [0.5, 0.6) is 0 Å². The molecule has 0 saturated carbocycles. The first-order valence-electron chi connectivity index (χ1n) is 5.24. The first-order valence-corrected chi connectivity index (χ1v) is 6.23. The lowest BCUT2D eigenvalue weighted by atomic mass is 10.1. The second-order valence-corrected chi connectivity index (χ2v) is 4.78. The molecule has 0 aliphatic rings. The molecule has 0 radical (unpaired) electrons. The Morgan fingerprint density at radius 1 is 1.29 bits per heavy atom. The number of hydrogen-bond donors (Lipinski definition) is 1. The molecule has 1 heterocycles. The van der Waals surface area contributed by atoms with Gasteiger partial charge in [-0.3, -0.25) is 0 Å². The maximum atomic E-state index is 12.9. The highest BCUT2D eigenvalue weighted by Gasteiger charge is 2.02. The van der Waals surface area contributed by atoms with Crippen LogP contribution >= 0.6 is 11.8 Å². The number of pyridine rings is 1. The number of thioether (sulfide) groups is 1. The maximum Gasteiger partial charge on any atom is 0.123 e. The van der Waals surface area contributed by atoms with E-state index < -0.39 is 0 Å². The fourth-order valence-corrected chi connectivity index (χ4v) is 2.37. The number of rotatable bonds is 3. The number of aryl methyl sites for hydroxylation is 1. The Kier molecular flexibility index (Phi) is 3.64. The predicted molar refractivity (Wildman–Crippen MR) is 69.3 cm³/mol. The minimum atomic E-state index is -0.193. The number of nitrogen functional groups attached to an aromatic ring is 1. The van der Waals surface area contributed by atoms with Crippen LogP contribution in [0, 0.1) is 12.7 Å². The highest BCUT2D eigenvalue weighted by Crippen LogP contribution is 2.23. The molecule has 2 N–H and O–H groups in total. The summed E-state index contributed by atoms with van der Waals surface area (Å²) in [4.78, 5) is 4.20. The van der Waals surface area contributed by atoms with Crippen LogP contribution in [0.3, 0.4) is 0 Å². The summed E-state index contributed by atoms with van der Waals surface area (Å²) in [5, 5.41) is 0.919. The van der Waals surface area contributed by atoms with Gasteiger partial charge in [0.15, 0.2) is 0 Å². The molecule has 0 atom stereocenters. The molecule has 1 aromatic heterocycles. The third kappa shape index (κ3) is 3.20. The van der Waals surface area contributed by atoms with Crippen molar-refractivity contribution in [1.82, 2.24) is 4.98 Å². The summed E-state index contributed by atoms with van der Waals surface area (Å²) in [6, 6.07) is 8.56. The normalized spacial score (nSPS) is 10.5. The van der Waals surface area contributed by atoms with Crippen molar-refractivity contribution in [3.63, 3.8) is 0 Å². The fraction of sp³-hybridized carbons (Fsp3) is 0.154. The quantitative estimate of drug-likeness (QED) is 0.846. The van der Waals surface area contributed by atoms with Crippen molar-refractivity contribution in [2.24, 2.45) is 0 Å². The zero-order valence-corrected chi connectivity index (χ0v) is 10.3. The Bertz CT molecular complexity index is 511. The van der Waals surface area contributed by atoms with E-state index in [0.29, 0.717) is 5.69 Å². The van der Waals surface area contributed by atoms with E-state index in [1.165, 1.54) is 6.07 Å². The highest BCUT2D eigenvalue weighted by atomic mass is 32.2. The lowest BCUT2D eigenvalue weighted by Gasteiger charge is -2.05. The molecule has 4 heteroatoms. The first-order chi connectivity index (χ1) is 8.15. The summed E-state index contributed by atoms with van der Waals surface area (Å²) < 4.78 is 12.9. The Labute approximate surface area is 104 Å². The summed E-state index contributed by atoms with van der Waals surface area (Å²) in [7, 11) is 0. The van der Waals surface area contributed by atoms with Gasteiger partial charge in [0.05, 0.1) is 16.9 Å². The molecule has 88 valence electrons. The van der Waals surface area contributed by atoms with E-state index in [2.05, 4.69) is 4.98 Å². The highest BCUT2D eigenvalue weighted by molar-refractivity contribution is 7.98. The standard InChI is InChI=1S/C13H13FN2S/c1-9-6-11(14)3-2-10(9)8-17-13-5-4-12(15)7-16-13/h2-7H,8,15H2,1H3. The molecule has 0 spiro atoms. The Morgan fingerprint density at radius 2 is 2.12 bits per heavy atom. The molecule has 2 aromatic rings. The van der Waals surface area contributed by atoms with Gasteiger partial charge in [-0.2, -0.15) is 0 Å². The van der Waals surface area contributed by atoms with Gasteiger partial charge in [0.25, 0.3) is 0 Å². The van der Waals surface area contributed by atoms with Crippen LogP contribution in [-0.4, -0.2) is 4.98 Å². The van der Waals surface area contributed by atoms with Gasteiger partial charge in [-0.25, -0.2) is 9.37 Å². The molecule has 0 amide bonds. The van der Waals surface area contributed by atoms with E-state index in [9.17, 15) is 4.39 Å². The van der Waals surface area contributed by atoms with E-state index in [0.717, 1.165) is 21.9 Å². The van der Waals surface area contributed by atoms with Crippen molar-refractivity contribution in [3.8, 4) is 0 Å². The van der Waals surface area contributed by atoms with Gasteiger partial charge in [-0.15, -0.1) is 11.8 Å². The average Bonchev–Trinajstić information content (AvgIpc) is 2.30. The number of aromatic nitrogens is 1. The number of nitrogens with two attached hydrogens (primary N) is 1. The second-order valence-electron chi connectivity index (χ2n) is 3.79. The molecule has 0 aliphatic heterocycles. The van der Waals surface area contributed by atoms with Crippen molar-refractivity contribution in [2.45, 2.75) is 17.7 Å². The largest absolute Gasteiger partial charge is 0.397 e. The molecular weight excluding hydrogens is 235 g/mol. The monoisotopic (exact) mass is 248 g/mol. The van der Waals surface area contributed by atoms with Gasteiger partial charge in [-0.1, -0.05) is 6.07 Å². The molecule has 2 rings (SSSR count). The number of anilines is 1. The van der Waals surface area contributed by atoms with Crippen molar-refractivity contribution >= 4 is 17.4 Å². The number of hydrogen-bond acceptors (Lipinski definition) is 3. The van der Waals surface area contributed by atoms with E-state index >= 15 is 0 Å². The van der Waals surface area contributed by atoms with Crippen molar-refractivity contribution < 1.29 is 4.39 Å². The van der Waals surface area contributed by atoms with Crippen molar-refractivity contribution in [3.05, 3.63) is 53.5 Å². The third-order valence-corrected chi connectivity index (χ3v) is 3.43. The first kappa shape index (κ1) is 11.9. The minimum absolute atomic E-state index is 0.193. The second kappa shape index (κ2) is 5.19. The van der Waals surface area contributed by atoms with E-state index in [1.807, 2.05) is 25.1 Å². The molecule has 0 fully saturated rings. The molecule has 2 nitrogen and oxygen atoms in total. The number of benzene rings is 1. The fourth-order valence-electron chi connectivity index (χ4n) is 1.45. The van der Waals surface area contributed by atoms with Crippen LogP contribution in [-0.2, 0) is 5.75 Å². The lowest BCUT2D eigenvalue weighted by Crippen LogP contribution is -1.90. The third-order valence-electron chi connectivity index (χ3n) is 2.44. The van der Waals surface area contributed by atoms with Crippen LogP contribution < -0.4 is 5.73 Å². The zero-order valence-electron chi connectivity index (χ0n) is 9.48. The maximum absolute atomic E-state index is 12.9. The van der Waals surface area contributed by atoms with E-state index in [1.54, 1.807) is 24.0 Å². The van der Waals surface area contributed by atoms with Crippen LogP contribution in [0.4, 0.5) is 10.1 Å². The predicted octanol–water partition coefficient (Wildman–Crippen LogP) is 3.40. The molecule has 1 aromatic carbocycles. The summed E-state index contributed by atoms with van der Waals surface area (Å²) in [5.74, 6) is 0.588. The van der Waals surface area contributed by atoms with Crippen LogP contribution in [0.1, 0.15) is 11.1 Å². The van der Waals surface area contributed by atoms with Gasteiger partial charge in [0, 0.05) is 5.75 Å². The van der Waals surface area contributed by atoms with Gasteiger partial charge >= 0.3 is 0 Å². The summed E-state index contributed by atoms with van der Waals surface area (Å²) in [6.45, 7) is 1.91. The summed E-state index contributed by atoms with van der Waals surface area (Å²) >= 11 is 1.61. The van der Waals surface area contributed by atoms with Gasteiger partial charge in [0.1, 0.15) is 5.82 Å². The Balaban J connectivity index is 2.04. The minimum Gasteiger partial charge on any atom is -0.397 e. The van der Waals surface area contributed by atoms with Gasteiger partial charge in [-0.05, 0) is 42.3 Å². The molecular formula is C13H13FN2S. The van der Waals surface area contributed by atoms with E-state index in [-0.39, 0.29) is 5.82 Å². The summed E-state index contributed by atoms with van der Waals surface area (Å²) in [5.41, 5.74) is 8.31. The van der Waals surface area contributed by atoms with Crippen LogP contribution in [0.15, 0.2) is 41.6 Å². The number of halogens is 1. The van der Waals surface area contributed by atoms with Crippen LogP contribution in [0.25, 0.3) is 0 Å². The SMILES string of the molecule is Cc1cc(F)ccc1CSc1ccc(N)cn1. The molecule has 0 aliphatic carbocycles. The zero-order chi connectivity index (χ0) is 12.3. The van der Waals surface area contributed by atoms with E-state index in [4.69, 9.17) is 5.73 Å². The lowest BCUT2D eigenvalue weighted by molar-refractivity contribution is 0.626. The van der Waals surface area contributed by atoms with Crippen molar-refractivity contribution in [1.29, 1.82) is 0 Å². The molecule has 0 saturated heterocycles. The van der Waals surface area contributed by atoms with Crippen molar-refractivity contribution in [2.75, 3.05) is 5.73 Å².